The summed E-state index contributed by atoms with van der Waals surface area (Å²) in [5.41, 5.74) is 6.84. The van der Waals surface area contributed by atoms with E-state index in [1.54, 1.807) is 12.1 Å². The highest BCUT2D eigenvalue weighted by Crippen LogP contribution is 2.32. The van der Waals surface area contributed by atoms with Crippen LogP contribution in [0.25, 0.3) is 11.0 Å². The number of hydrogen-bond acceptors (Lipinski definition) is 4. The summed E-state index contributed by atoms with van der Waals surface area (Å²) in [6.45, 7) is 1.83. The molecule has 0 saturated carbocycles. The first-order valence-electron chi connectivity index (χ1n) is 9.70. The van der Waals surface area contributed by atoms with Crippen molar-refractivity contribution < 1.29 is 4.79 Å². The molecular formula is C23H21N5O. The first-order valence-corrected chi connectivity index (χ1v) is 9.70. The Kier molecular flexibility index (Phi) is 4.46. The van der Waals surface area contributed by atoms with Gasteiger partial charge < -0.3 is 20.9 Å². The van der Waals surface area contributed by atoms with E-state index in [1.165, 1.54) is 11.3 Å². The molecule has 0 aliphatic carbocycles. The van der Waals surface area contributed by atoms with Crippen LogP contribution in [0.2, 0.25) is 0 Å². The summed E-state index contributed by atoms with van der Waals surface area (Å²) in [5, 5.41) is 11.0. The van der Waals surface area contributed by atoms with Crippen molar-refractivity contribution in [3.8, 4) is 0 Å². The monoisotopic (exact) mass is 383 g/mol. The van der Waals surface area contributed by atoms with E-state index in [2.05, 4.69) is 25.9 Å². The summed E-state index contributed by atoms with van der Waals surface area (Å²) in [6.07, 6.45) is 2.80. The number of H-pyrrole nitrogens is 1. The van der Waals surface area contributed by atoms with Crippen LogP contribution in [0.4, 0.5) is 17.1 Å². The Morgan fingerprint density at radius 2 is 1.76 bits per heavy atom. The van der Waals surface area contributed by atoms with Gasteiger partial charge in [0, 0.05) is 53.7 Å². The van der Waals surface area contributed by atoms with Gasteiger partial charge in [0.05, 0.1) is 5.69 Å². The Morgan fingerprint density at radius 3 is 2.59 bits per heavy atom. The summed E-state index contributed by atoms with van der Waals surface area (Å²) in [6, 6.07) is 18.9. The molecule has 2 aromatic carbocycles. The molecule has 0 unspecified atom stereocenters. The molecule has 0 fully saturated rings. The molecule has 1 amide bonds. The van der Waals surface area contributed by atoms with E-state index in [1.807, 2.05) is 54.7 Å². The molecule has 0 radical (unpaired) electrons. The molecule has 0 spiro atoms. The van der Waals surface area contributed by atoms with Crippen molar-refractivity contribution in [1.29, 1.82) is 0 Å². The van der Waals surface area contributed by atoms with Crippen molar-refractivity contribution in [3.63, 3.8) is 0 Å². The topological polar surface area (TPSA) is 81.8 Å². The van der Waals surface area contributed by atoms with Gasteiger partial charge in [-0.15, -0.1) is 0 Å². The summed E-state index contributed by atoms with van der Waals surface area (Å²) < 4.78 is 0. The van der Waals surface area contributed by atoms with Crippen molar-refractivity contribution in [2.45, 2.75) is 13.0 Å². The van der Waals surface area contributed by atoms with Gasteiger partial charge in [0.2, 0.25) is 0 Å². The van der Waals surface area contributed by atoms with Gasteiger partial charge in [-0.25, -0.2) is 4.98 Å². The van der Waals surface area contributed by atoms with Gasteiger partial charge in [-0.2, -0.15) is 0 Å². The van der Waals surface area contributed by atoms with E-state index in [0.717, 1.165) is 47.6 Å². The predicted octanol–water partition coefficient (Wildman–Crippen LogP) is 4.20. The molecule has 1 aliphatic rings. The summed E-state index contributed by atoms with van der Waals surface area (Å²) in [5.74, 6) is -0.117. The predicted molar refractivity (Wildman–Crippen MR) is 116 cm³/mol. The number of nitrogens with one attached hydrogen (secondary N) is 4. The molecule has 3 heterocycles. The lowest BCUT2D eigenvalue weighted by Gasteiger charge is -2.14. The van der Waals surface area contributed by atoms with E-state index in [4.69, 9.17) is 0 Å². The first-order chi connectivity index (χ1) is 14.3. The normalized spacial score (nSPS) is 13.1. The molecule has 2 aromatic heterocycles. The minimum Gasteiger partial charge on any atom is -0.355 e. The lowest BCUT2D eigenvalue weighted by Crippen LogP contribution is -2.23. The molecule has 1 aliphatic heterocycles. The van der Waals surface area contributed by atoms with Crippen molar-refractivity contribution in [2.24, 2.45) is 0 Å². The number of hydrogen-bond donors (Lipinski definition) is 4. The average Bonchev–Trinajstić information content (AvgIpc) is 3.15. The van der Waals surface area contributed by atoms with E-state index in [0.29, 0.717) is 5.56 Å². The minimum absolute atomic E-state index is 0.117. The number of amides is 1. The van der Waals surface area contributed by atoms with Crippen LogP contribution in [0.15, 0.2) is 66.9 Å². The molecule has 0 saturated heterocycles. The second kappa shape index (κ2) is 7.41. The van der Waals surface area contributed by atoms with E-state index >= 15 is 0 Å². The van der Waals surface area contributed by atoms with Crippen LogP contribution in [0.5, 0.6) is 0 Å². The van der Waals surface area contributed by atoms with E-state index in [9.17, 15) is 4.79 Å². The maximum atomic E-state index is 12.3. The third kappa shape index (κ3) is 3.46. The molecule has 29 heavy (non-hydrogen) atoms. The summed E-state index contributed by atoms with van der Waals surface area (Å²) in [7, 11) is 0. The highest BCUT2D eigenvalue weighted by Gasteiger charge is 2.18. The van der Waals surface area contributed by atoms with Crippen LogP contribution in [0, 0.1) is 0 Å². The number of nitrogens with zero attached hydrogens (tertiary/aromatic N) is 1. The van der Waals surface area contributed by atoms with Crippen molar-refractivity contribution in [2.75, 3.05) is 17.2 Å². The van der Waals surface area contributed by atoms with Gasteiger partial charge >= 0.3 is 0 Å². The van der Waals surface area contributed by atoms with Crippen molar-refractivity contribution >= 4 is 34.0 Å². The third-order valence-electron chi connectivity index (χ3n) is 5.20. The number of aromatic nitrogens is 2. The second-order valence-corrected chi connectivity index (χ2v) is 7.11. The number of rotatable bonds is 4. The molecule has 0 bridgehead atoms. The van der Waals surface area contributed by atoms with Crippen LogP contribution in [-0.4, -0.2) is 22.4 Å². The van der Waals surface area contributed by atoms with Gasteiger partial charge in [-0.05, 0) is 48.0 Å². The molecule has 4 N–H and O–H groups in total. The highest BCUT2D eigenvalue weighted by atomic mass is 16.1. The zero-order valence-electron chi connectivity index (χ0n) is 15.8. The van der Waals surface area contributed by atoms with Crippen LogP contribution in [-0.2, 0) is 13.0 Å². The standard InChI is InChI=1S/C23H21N5O/c29-23(15-4-2-1-3-5-15)27-17-8-6-16(7-9-17)26-20-11-13-25-22-21(20)18-14-24-12-10-19(18)28-22/h1-9,11,13,24H,10,12,14H2,(H,27,29)(H2,25,26,28). The zero-order chi connectivity index (χ0) is 19.6. The van der Waals surface area contributed by atoms with Gasteiger partial charge in [0.25, 0.3) is 5.91 Å². The molecule has 4 aromatic rings. The van der Waals surface area contributed by atoms with Crippen LogP contribution in [0.1, 0.15) is 21.6 Å². The molecule has 144 valence electrons. The minimum atomic E-state index is -0.117. The van der Waals surface area contributed by atoms with Crippen LogP contribution < -0.4 is 16.0 Å². The van der Waals surface area contributed by atoms with Crippen molar-refractivity contribution in [3.05, 3.63) is 83.7 Å². The van der Waals surface area contributed by atoms with Gasteiger partial charge in [-0.1, -0.05) is 18.2 Å². The smallest absolute Gasteiger partial charge is 0.255 e. The Hall–Kier alpha value is -3.64. The number of carbonyl (C=O) groups excluding carboxylic acids is 1. The molecule has 6 nitrogen and oxygen atoms in total. The Balaban J connectivity index is 1.36. The number of anilines is 3. The Morgan fingerprint density at radius 1 is 0.966 bits per heavy atom. The summed E-state index contributed by atoms with van der Waals surface area (Å²) >= 11 is 0. The van der Waals surface area contributed by atoms with Gasteiger partial charge in [-0.3, -0.25) is 4.79 Å². The lowest BCUT2D eigenvalue weighted by atomic mass is 10.1. The number of benzene rings is 2. The second-order valence-electron chi connectivity index (χ2n) is 7.11. The molecule has 5 rings (SSSR count). The molecule has 6 heteroatoms. The quantitative estimate of drug-likeness (QED) is 0.426. The molecular weight excluding hydrogens is 362 g/mol. The number of aromatic amines is 1. The number of pyridine rings is 1. The van der Waals surface area contributed by atoms with Gasteiger partial charge in [0.1, 0.15) is 5.65 Å². The molecule has 0 atom stereocenters. The fourth-order valence-corrected chi connectivity index (χ4v) is 3.76. The fourth-order valence-electron chi connectivity index (χ4n) is 3.76. The average molecular weight is 383 g/mol. The largest absolute Gasteiger partial charge is 0.355 e. The van der Waals surface area contributed by atoms with Gasteiger partial charge in [0.15, 0.2) is 0 Å². The fraction of sp³-hybridized carbons (Fsp3) is 0.130. The Labute approximate surface area is 168 Å². The number of fused-ring (bicyclic) bond motifs is 3. The Bertz CT molecular complexity index is 1170. The van der Waals surface area contributed by atoms with Crippen molar-refractivity contribution in [1.82, 2.24) is 15.3 Å². The lowest BCUT2D eigenvalue weighted by molar-refractivity contribution is 0.102. The van der Waals surface area contributed by atoms with Crippen LogP contribution >= 0.6 is 0 Å². The zero-order valence-corrected chi connectivity index (χ0v) is 15.8. The third-order valence-corrected chi connectivity index (χ3v) is 5.20. The maximum Gasteiger partial charge on any atom is 0.255 e. The maximum absolute atomic E-state index is 12.3. The summed E-state index contributed by atoms with van der Waals surface area (Å²) in [4.78, 5) is 20.2. The SMILES string of the molecule is O=C(Nc1ccc(Nc2ccnc3[nH]c4c(c23)CNCC4)cc1)c1ccccc1. The van der Waals surface area contributed by atoms with Crippen LogP contribution in [0.3, 0.4) is 0 Å². The van der Waals surface area contributed by atoms with E-state index in [-0.39, 0.29) is 5.91 Å². The number of carbonyl (C=O) groups is 1. The highest BCUT2D eigenvalue weighted by molar-refractivity contribution is 6.04. The first kappa shape index (κ1) is 17.5. The van der Waals surface area contributed by atoms with E-state index < -0.39 is 0 Å².